The summed E-state index contributed by atoms with van der Waals surface area (Å²) < 4.78 is 16.2. The van der Waals surface area contributed by atoms with E-state index in [4.69, 9.17) is 0 Å². The number of nitrogens with zero attached hydrogens (tertiary/aromatic N) is 2. The zero-order valence-corrected chi connectivity index (χ0v) is 17.5. The molecule has 1 aromatic carbocycles. The van der Waals surface area contributed by atoms with E-state index in [1.165, 1.54) is 43.9 Å². The lowest BCUT2D eigenvalue weighted by Crippen LogP contribution is -2.37. The fraction of sp³-hybridized carbons (Fsp3) is 0.520. The Hall–Kier alpha value is -1.91. The molecule has 1 aliphatic carbocycles. The molecular formula is C25H35FN2O. The molecule has 1 fully saturated rings. The Morgan fingerprint density at radius 1 is 1.17 bits per heavy atom. The second-order valence-electron chi connectivity index (χ2n) is 8.44. The second-order valence-corrected chi connectivity index (χ2v) is 8.44. The summed E-state index contributed by atoms with van der Waals surface area (Å²) in [7, 11) is 0. The molecule has 0 aliphatic heterocycles. The molecule has 1 heterocycles. The van der Waals surface area contributed by atoms with E-state index in [1.54, 1.807) is 6.07 Å². The van der Waals surface area contributed by atoms with Crippen LogP contribution in [0.5, 0.6) is 0 Å². The molecule has 0 bridgehead atoms. The Morgan fingerprint density at radius 3 is 2.72 bits per heavy atom. The molecule has 1 N–H and O–H groups in total. The van der Waals surface area contributed by atoms with Gasteiger partial charge in [-0.05, 0) is 49.8 Å². The molecular weight excluding hydrogens is 363 g/mol. The number of aliphatic hydroxyl groups excluding tert-OH is 1. The normalized spacial score (nSPS) is 16.2. The Balaban J connectivity index is 1.68. The Bertz CT molecular complexity index is 751. The van der Waals surface area contributed by atoms with Gasteiger partial charge in [0.2, 0.25) is 0 Å². The lowest BCUT2D eigenvalue weighted by Gasteiger charge is -2.31. The summed E-state index contributed by atoms with van der Waals surface area (Å²) in [5.41, 5.74) is 1.87. The summed E-state index contributed by atoms with van der Waals surface area (Å²) in [5.74, 6) is 0.552. The Kier molecular flexibility index (Phi) is 8.51. The van der Waals surface area contributed by atoms with Gasteiger partial charge in [0, 0.05) is 37.1 Å². The maximum Gasteiger partial charge on any atom is 0.128 e. The molecule has 2 aromatic rings. The minimum absolute atomic E-state index is 0.161. The molecule has 0 saturated heterocycles. The van der Waals surface area contributed by atoms with Crippen LogP contribution in [0.1, 0.15) is 56.2 Å². The smallest absolute Gasteiger partial charge is 0.128 e. The first-order valence-corrected chi connectivity index (χ1v) is 11.0. The van der Waals surface area contributed by atoms with Gasteiger partial charge in [0.25, 0.3) is 0 Å². The molecule has 1 atom stereocenters. The SMILES string of the molecule is C=CCCC(O)CN(Cc1cccn1Cc1ccccc1F)CC1CCCCC1. The lowest BCUT2D eigenvalue weighted by atomic mass is 9.89. The van der Waals surface area contributed by atoms with E-state index < -0.39 is 0 Å². The molecule has 158 valence electrons. The Labute approximate surface area is 174 Å². The van der Waals surface area contributed by atoms with E-state index in [9.17, 15) is 9.50 Å². The van der Waals surface area contributed by atoms with Crippen molar-refractivity contribution < 1.29 is 9.50 Å². The van der Waals surface area contributed by atoms with Gasteiger partial charge in [-0.3, -0.25) is 4.90 Å². The van der Waals surface area contributed by atoms with Crippen LogP contribution in [-0.2, 0) is 13.1 Å². The fourth-order valence-electron chi connectivity index (χ4n) is 4.42. The summed E-state index contributed by atoms with van der Waals surface area (Å²) in [5, 5.41) is 10.5. The zero-order chi connectivity index (χ0) is 20.5. The van der Waals surface area contributed by atoms with Crippen LogP contribution in [0.3, 0.4) is 0 Å². The third-order valence-electron chi connectivity index (χ3n) is 6.02. The molecule has 3 nitrogen and oxygen atoms in total. The topological polar surface area (TPSA) is 28.4 Å². The van der Waals surface area contributed by atoms with Crippen molar-refractivity contribution >= 4 is 0 Å². The van der Waals surface area contributed by atoms with Crippen LogP contribution in [0.25, 0.3) is 0 Å². The van der Waals surface area contributed by atoms with Crippen LogP contribution < -0.4 is 0 Å². The number of aromatic nitrogens is 1. The number of benzene rings is 1. The summed E-state index contributed by atoms with van der Waals surface area (Å²) in [6, 6.07) is 11.1. The number of rotatable bonds is 11. The van der Waals surface area contributed by atoms with Crippen molar-refractivity contribution in [3.05, 3.63) is 72.3 Å². The van der Waals surface area contributed by atoms with E-state index in [1.807, 2.05) is 30.5 Å². The van der Waals surface area contributed by atoms with Gasteiger partial charge in [0.05, 0.1) is 12.6 Å². The van der Waals surface area contributed by atoms with Crippen molar-refractivity contribution in [3.8, 4) is 0 Å². The summed E-state index contributed by atoms with van der Waals surface area (Å²) in [4.78, 5) is 2.40. The fourth-order valence-corrected chi connectivity index (χ4v) is 4.42. The van der Waals surface area contributed by atoms with Gasteiger partial charge in [0.15, 0.2) is 0 Å². The summed E-state index contributed by atoms with van der Waals surface area (Å²) in [6.07, 6.45) is 11.7. The van der Waals surface area contributed by atoms with Crippen molar-refractivity contribution in [2.75, 3.05) is 13.1 Å². The molecule has 4 heteroatoms. The number of allylic oxidation sites excluding steroid dienone is 1. The minimum atomic E-state index is -0.341. The van der Waals surface area contributed by atoms with E-state index in [2.05, 4.69) is 22.1 Å². The molecule has 1 saturated carbocycles. The number of hydrogen-bond donors (Lipinski definition) is 1. The molecule has 1 aromatic heterocycles. The van der Waals surface area contributed by atoms with Gasteiger partial charge >= 0.3 is 0 Å². The standard InChI is InChI=1S/C25H35FN2O/c1-2-3-14-24(29)20-27(17-21-10-5-4-6-11-21)19-23-13-9-16-28(23)18-22-12-7-8-15-25(22)26/h2,7-9,12-13,15-16,21,24,29H,1,3-6,10-11,14,17-20H2. The van der Waals surface area contributed by atoms with Gasteiger partial charge in [-0.2, -0.15) is 0 Å². The van der Waals surface area contributed by atoms with Gasteiger partial charge in [0.1, 0.15) is 5.82 Å². The van der Waals surface area contributed by atoms with Crippen molar-refractivity contribution in [1.82, 2.24) is 9.47 Å². The third-order valence-corrected chi connectivity index (χ3v) is 6.02. The highest BCUT2D eigenvalue weighted by molar-refractivity contribution is 5.19. The van der Waals surface area contributed by atoms with E-state index in [0.29, 0.717) is 24.6 Å². The van der Waals surface area contributed by atoms with Crippen molar-refractivity contribution in [2.24, 2.45) is 5.92 Å². The second kappa shape index (κ2) is 11.3. The molecule has 0 spiro atoms. The first-order chi connectivity index (χ1) is 14.2. The first-order valence-electron chi connectivity index (χ1n) is 11.0. The highest BCUT2D eigenvalue weighted by atomic mass is 19.1. The predicted octanol–water partition coefficient (Wildman–Crippen LogP) is 5.38. The first kappa shape index (κ1) is 21.8. The van der Waals surface area contributed by atoms with Gasteiger partial charge in [-0.25, -0.2) is 4.39 Å². The summed E-state index contributed by atoms with van der Waals surface area (Å²) in [6.45, 7) is 6.78. The lowest BCUT2D eigenvalue weighted by molar-refractivity contribution is 0.0864. The van der Waals surface area contributed by atoms with Crippen LogP contribution in [-0.4, -0.2) is 33.8 Å². The highest BCUT2D eigenvalue weighted by Gasteiger charge is 2.20. The van der Waals surface area contributed by atoms with Crippen LogP contribution in [0.4, 0.5) is 4.39 Å². The maximum atomic E-state index is 14.1. The van der Waals surface area contributed by atoms with E-state index >= 15 is 0 Å². The van der Waals surface area contributed by atoms with Gasteiger partial charge < -0.3 is 9.67 Å². The Morgan fingerprint density at radius 2 is 1.97 bits per heavy atom. The molecule has 1 unspecified atom stereocenters. The minimum Gasteiger partial charge on any atom is -0.392 e. The van der Waals surface area contributed by atoms with E-state index in [-0.39, 0.29) is 11.9 Å². The van der Waals surface area contributed by atoms with Crippen LogP contribution >= 0.6 is 0 Å². The van der Waals surface area contributed by atoms with Crippen molar-refractivity contribution in [3.63, 3.8) is 0 Å². The molecule has 1 aliphatic rings. The molecule has 29 heavy (non-hydrogen) atoms. The van der Waals surface area contributed by atoms with Crippen molar-refractivity contribution in [1.29, 1.82) is 0 Å². The van der Waals surface area contributed by atoms with Crippen molar-refractivity contribution in [2.45, 2.75) is 64.1 Å². The van der Waals surface area contributed by atoms with Gasteiger partial charge in [-0.15, -0.1) is 6.58 Å². The molecule has 0 amide bonds. The highest BCUT2D eigenvalue weighted by Crippen LogP contribution is 2.25. The number of aliphatic hydroxyl groups is 1. The quantitative estimate of drug-likeness (QED) is 0.515. The predicted molar refractivity (Wildman–Crippen MR) is 117 cm³/mol. The summed E-state index contributed by atoms with van der Waals surface area (Å²) >= 11 is 0. The molecule has 0 radical (unpaired) electrons. The molecule has 3 rings (SSSR count). The number of hydrogen-bond acceptors (Lipinski definition) is 2. The van der Waals surface area contributed by atoms with E-state index in [0.717, 1.165) is 25.9 Å². The zero-order valence-electron chi connectivity index (χ0n) is 17.5. The average Bonchev–Trinajstić information content (AvgIpc) is 3.15. The largest absolute Gasteiger partial charge is 0.392 e. The maximum absolute atomic E-state index is 14.1. The monoisotopic (exact) mass is 398 g/mol. The van der Waals surface area contributed by atoms with Crippen LogP contribution in [0.15, 0.2) is 55.3 Å². The number of halogens is 1. The van der Waals surface area contributed by atoms with Crippen LogP contribution in [0.2, 0.25) is 0 Å². The van der Waals surface area contributed by atoms with Gasteiger partial charge in [-0.1, -0.05) is 43.5 Å². The average molecular weight is 399 g/mol. The van der Waals surface area contributed by atoms with Crippen LogP contribution in [0, 0.1) is 11.7 Å². The third kappa shape index (κ3) is 6.83.